The van der Waals surface area contributed by atoms with Gasteiger partial charge in [-0.2, -0.15) is 13.2 Å². The van der Waals surface area contributed by atoms with Crippen molar-refractivity contribution in [3.05, 3.63) is 16.5 Å². The van der Waals surface area contributed by atoms with Crippen molar-refractivity contribution in [2.45, 2.75) is 39.3 Å². The molecule has 0 amide bonds. The number of hydrogen-bond acceptors (Lipinski definition) is 4. The smallest absolute Gasteiger partial charge is 0.395 e. The van der Waals surface area contributed by atoms with Crippen LogP contribution >= 0.6 is 11.6 Å². The Kier molecular flexibility index (Phi) is 5.44. The van der Waals surface area contributed by atoms with E-state index in [1.807, 2.05) is 20.8 Å². The zero-order chi connectivity index (χ0) is 16.4. The van der Waals surface area contributed by atoms with Crippen LogP contribution in [-0.2, 0) is 5.41 Å². The van der Waals surface area contributed by atoms with Crippen LogP contribution in [0.4, 0.5) is 19.0 Å². The molecule has 0 unspecified atom stereocenters. The summed E-state index contributed by atoms with van der Waals surface area (Å²) in [6.45, 7) is 5.29. The second kappa shape index (κ2) is 6.36. The first kappa shape index (κ1) is 18.0. The molecule has 1 aromatic heterocycles. The lowest BCUT2D eigenvalue weighted by atomic mass is 9.95. The molecular formula is C13H19ClF3N3O. The largest absolute Gasteiger partial charge is 0.405 e. The van der Waals surface area contributed by atoms with E-state index in [1.54, 1.807) is 6.92 Å². The van der Waals surface area contributed by atoms with Gasteiger partial charge in [0, 0.05) is 17.5 Å². The summed E-state index contributed by atoms with van der Waals surface area (Å²) in [5, 5.41) is 9.12. The molecule has 120 valence electrons. The maximum Gasteiger partial charge on any atom is 0.405 e. The normalized spacial score (nSPS) is 12.6. The Bertz CT molecular complexity index is 501. The first-order valence-corrected chi connectivity index (χ1v) is 6.80. The number of aliphatic hydroxyl groups is 1. The molecule has 1 aromatic rings. The van der Waals surface area contributed by atoms with Gasteiger partial charge in [-0.25, -0.2) is 9.97 Å². The van der Waals surface area contributed by atoms with Crippen LogP contribution in [0.3, 0.4) is 0 Å². The lowest BCUT2D eigenvalue weighted by Gasteiger charge is -2.27. The third-order valence-electron chi connectivity index (χ3n) is 2.77. The predicted octanol–water partition coefficient (Wildman–Crippen LogP) is 3.10. The second-order valence-electron chi connectivity index (χ2n) is 5.80. The van der Waals surface area contributed by atoms with E-state index in [1.165, 1.54) is 0 Å². The third-order valence-corrected chi connectivity index (χ3v) is 3.14. The lowest BCUT2D eigenvalue weighted by Crippen LogP contribution is -2.38. The molecule has 0 saturated heterocycles. The van der Waals surface area contributed by atoms with Crippen molar-refractivity contribution in [2.75, 3.05) is 24.6 Å². The maximum absolute atomic E-state index is 12.7. The Labute approximate surface area is 127 Å². The van der Waals surface area contributed by atoms with Gasteiger partial charge in [0.25, 0.3) is 0 Å². The number of halogens is 4. The van der Waals surface area contributed by atoms with Crippen LogP contribution in [0, 0.1) is 6.92 Å². The number of anilines is 1. The standard InChI is InChI=1S/C13H19ClF3N3O/c1-8-9(14)18-11(12(2,3)4)19-10(8)20(5-6-21)7-13(15,16)17/h21H,5-7H2,1-4H3. The van der Waals surface area contributed by atoms with Gasteiger partial charge in [0.15, 0.2) is 0 Å². The van der Waals surface area contributed by atoms with Crippen LogP contribution in [0.15, 0.2) is 0 Å². The molecule has 0 bridgehead atoms. The van der Waals surface area contributed by atoms with Gasteiger partial charge in [0.1, 0.15) is 23.3 Å². The summed E-state index contributed by atoms with van der Waals surface area (Å²) in [7, 11) is 0. The van der Waals surface area contributed by atoms with E-state index >= 15 is 0 Å². The fourth-order valence-corrected chi connectivity index (χ4v) is 1.88. The molecule has 0 aliphatic carbocycles. The van der Waals surface area contributed by atoms with Crippen LogP contribution in [0.2, 0.25) is 5.15 Å². The van der Waals surface area contributed by atoms with Crippen LogP contribution in [0.1, 0.15) is 32.2 Å². The van der Waals surface area contributed by atoms with Crippen molar-refractivity contribution in [3.63, 3.8) is 0 Å². The van der Waals surface area contributed by atoms with E-state index in [9.17, 15) is 13.2 Å². The van der Waals surface area contributed by atoms with E-state index in [2.05, 4.69) is 9.97 Å². The number of nitrogens with zero attached hydrogens (tertiary/aromatic N) is 3. The molecule has 1 heterocycles. The molecule has 0 saturated carbocycles. The van der Waals surface area contributed by atoms with Crippen molar-refractivity contribution >= 4 is 17.4 Å². The van der Waals surface area contributed by atoms with Gasteiger partial charge in [-0.05, 0) is 6.92 Å². The zero-order valence-corrected chi connectivity index (χ0v) is 13.2. The van der Waals surface area contributed by atoms with E-state index in [0.717, 1.165) is 4.90 Å². The summed E-state index contributed by atoms with van der Waals surface area (Å²) in [6.07, 6.45) is -4.40. The minimum Gasteiger partial charge on any atom is -0.395 e. The Morgan fingerprint density at radius 3 is 2.19 bits per heavy atom. The third kappa shape index (κ3) is 5.00. The van der Waals surface area contributed by atoms with E-state index in [-0.39, 0.29) is 17.5 Å². The fourth-order valence-electron chi connectivity index (χ4n) is 1.72. The number of hydrogen-bond donors (Lipinski definition) is 1. The monoisotopic (exact) mass is 325 g/mol. The Hall–Kier alpha value is -1.08. The fraction of sp³-hybridized carbons (Fsp3) is 0.692. The second-order valence-corrected chi connectivity index (χ2v) is 6.15. The zero-order valence-electron chi connectivity index (χ0n) is 12.4. The van der Waals surface area contributed by atoms with Crippen molar-refractivity contribution < 1.29 is 18.3 Å². The average molecular weight is 326 g/mol. The topological polar surface area (TPSA) is 49.2 Å². The highest BCUT2D eigenvalue weighted by atomic mass is 35.5. The average Bonchev–Trinajstić information content (AvgIpc) is 2.28. The van der Waals surface area contributed by atoms with Gasteiger partial charge in [0.05, 0.1) is 6.61 Å². The SMILES string of the molecule is Cc1c(Cl)nc(C(C)(C)C)nc1N(CCO)CC(F)(F)F. The summed E-state index contributed by atoms with van der Waals surface area (Å²) in [4.78, 5) is 9.32. The van der Waals surface area contributed by atoms with Crippen LogP contribution in [0.5, 0.6) is 0 Å². The summed E-state index contributed by atoms with van der Waals surface area (Å²) >= 11 is 6.02. The van der Waals surface area contributed by atoms with E-state index in [4.69, 9.17) is 16.7 Å². The van der Waals surface area contributed by atoms with Crippen molar-refractivity contribution in [1.82, 2.24) is 9.97 Å². The Morgan fingerprint density at radius 1 is 1.19 bits per heavy atom. The quantitative estimate of drug-likeness (QED) is 0.864. The summed E-state index contributed by atoms with van der Waals surface area (Å²) in [5.41, 5.74) is -0.0859. The maximum atomic E-state index is 12.7. The number of aromatic nitrogens is 2. The molecule has 8 heteroatoms. The van der Waals surface area contributed by atoms with Crippen molar-refractivity contribution in [2.24, 2.45) is 0 Å². The molecule has 21 heavy (non-hydrogen) atoms. The highest BCUT2D eigenvalue weighted by molar-refractivity contribution is 6.30. The summed E-state index contributed by atoms with van der Waals surface area (Å²) in [6, 6.07) is 0. The van der Waals surface area contributed by atoms with E-state index < -0.39 is 24.7 Å². The molecule has 0 aliphatic rings. The van der Waals surface area contributed by atoms with Gasteiger partial charge < -0.3 is 10.0 Å². The molecule has 0 fully saturated rings. The summed E-state index contributed by atoms with van der Waals surface area (Å²) < 4.78 is 38.0. The number of rotatable bonds is 4. The Balaban J connectivity index is 3.33. The number of aliphatic hydroxyl groups excluding tert-OH is 1. The first-order chi connectivity index (χ1) is 9.45. The number of alkyl halides is 3. The van der Waals surface area contributed by atoms with Crippen molar-refractivity contribution in [1.29, 1.82) is 0 Å². The van der Waals surface area contributed by atoms with Gasteiger partial charge in [0.2, 0.25) is 0 Å². The van der Waals surface area contributed by atoms with Gasteiger partial charge in [-0.15, -0.1) is 0 Å². The van der Waals surface area contributed by atoms with Gasteiger partial charge >= 0.3 is 6.18 Å². The highest BCUT2D eigenvalue weighted by Gasteiger charge is 2.33. The molecule has 0 atom stereocenters. The molecule has 1 N–H and O–H groups in total. The molecular weight excluding hydrogens is 307 g/mol. The molecule has 1 rings (SSSR count). The van der Waals surface area contributed by atoms with Crippen LogP contribution in [0.25, 0.3) is 0 Å². The minimum atomic E-state index is -4.40. The molecule has 0 aliphatic heterocycles. The van der Waals surface area contributed by atoms with Crippen LogP contribution < -0.4 is 4.90 Å². The highest BCUT2D eigenvalue weighted by Crippen LogP contribution is 2.30. The van der Waals surface area contributed by atoms with Gasteiger partial charge in [-0.3, -0.25) is 0 Å². The van der Waals surface area contributed by atoms with Crippen LogP contribution in [-0.4, -0.2) is 40.9 Å². The van der Waals surface area contributed by atoms with E-state index in [0.29, 0.717) is 11.4 Å². The molecule has 4 nitrogen and oxygen atoms in total. The predicted molar refractivity (Wildman–Crippen MR) is 75.8 cm³/mol. The van der Waals surface area contributed by atoms with Gasteiger partial charge in [-0.1, -0.05) is 32.4 Å². The first-order valence-electron chi connectivity index (χ1n) is 6.43. The van der Waals surface area contributed by atoms with Crippen molar-refractivity contribution in [3.8, 4) is 0 Å². The Morgan fingerprint density at radius 2 is 1.76 bits per heavy atom. The lowest BCUT2D eigenvalue weighted by molar-refractivity contribution is -0.120. The molecule has 0 spiro atoms. The minimum absolute atomic E-state index is 0.103. The molecule has 0 radical (unpaired) electrons. The molecule has 0 aromatic carbocycles. The summed E-state index contributed by atoms with van der Waals surface area (Å²) in [5.74, 6) is 0.463.